The molecule has 0 aliphatic carbocycles. The van der Waals surface area contributed by atoms with Crippen molar-refractivity contribution in [3.8, 4) is 0 Å². The topological polar surface area (TPSA) is 40.5 Å². The van der Waals surface area contributed by atoms with Crippen molar-refractivity contribution in [3.63, 3.8) is 0 Å². The van der Waals surface area contributed by atoms with E-state index in [1.165, 1.54) is 0 Å². The zero-order valence-electron chi connectivity index (χ0n) is 10.2. The zero-order valence-corrected chi connectivity index (χ0v) is 10.2. The number of carboxylic acids is 1. The van der Waals surface area contributed by atoms with E-state index in [1.54, 1.807) is 13.8 Å². The Balaban J connectivity index is 5.00. The van der Waals surface area contributed by atoms with Crippen LogP contribution < -0.4 is 0 Å². The summed E-state index contributed by atoms with van der Waals surface area (Å²) >= 11 is 0. The van der Waals surface area contributed by atoms with Crippen molar-refractivity contribution < 1.29 is 9.90 Å². The molecule has 0 rings (SSSR count). The van der Waals surface area contributed by atoms with E-state index in [1.807, 2.05) is 13.8 Å². The molecule has 3 heteroatoms. The highest BCUT2D eigenvalue weighted by molar-refractivity contribution is 5.75. The van der Waals surface area contributed by atoms with E-state index < -0.39 is 11.4 Å². The third-order valence-corrected chi connectivity index (χ3v) is 3.62. The Morgan fingerprint density at radius 3 is 1.71 bits per heavy atom. The summed E-state index contributed by atoms with van der Waals surface area (Å²) in [6.45, 7) is 13.4. The van der Waals surface area contributed by atoms with E-state index in [9.17, 15) is 9.90 Å². The summed E-state index contributed by atoms with van der Waals surface area (Å²) < 4.78 is 0. The van der Waals surface area contributed by atoms with Crippen molar-refractivity contribution in [2.75, 3.05) is 13.1 Å². The van der Waals surface area contributed by atoms with Crippen LogP contribution in [0.3, 0.4) is 0 Å². The first-order valence-electron chi connectivity index (χ1n) is 5.20. The van der Waals surface area contributed by atoms with Crippen LogP contribution >= 0.6 is 0 Å². The van der Waals surface area contributed by atoms with Crippen molar-refractivity contribution >= 4 is 5.97 Å². The smallest absolute Gasteiger partial charge is 0.310 e. The van der Waals surface area contributed by atoms with Gasteiger partial charge in [0, 0.05) is 5.54 Å². The van der Waals surface area contributed by atoms with Gasteiger partial charge in [0.15, 0.2) is 0 Å². The first kappa shape index (κ1) is 13.4. The van der Waals surface area contributed by atoms with Crippen LogP contribution in [0.1, 0.15) is 41.5 Å². The molecule has 0 aliphatic rings. The zero-order chi connectivity index (χ0) is 11.6. The predicted octanol–water partition coefficient (Wildman–Crippen LogP) is 2.22. The summed E-state index contributed by atoms with van der Waals surface area (Å²) in [5.41, 5.74) is -1.07. The van der Waals surface area contributed by atoms with Crippen molar-refractivity contribution in [3.05, 3.63) is 0 Å². The molecule has 0 amide bonds. The Morgan fingerprint density at radius 1 is 1.14 bits per heavy atom. The maximum atomic E-state index is 11.2. The monoisotopic (exact) mass is 201 g/mol. The van der Waals surface area contributed by atoms with Crippen molar-refractivity contribution in [2.24, 2.45) is 5.41 Å². The molecule has 0 heterocycles. The molecule has 0 bridgehead atoms. The molecule has 0 unspecified atom stereocenters. The van der Waals surface area contributed by atoms with Gasteiger partial charge < -0.3 is 5.11 Å². The third-order valence-electron chi connectivity index (χ3n) is 3.62. The van der Waals surface area contributed by atoms with Gasteiger partial charge in [-0.25, -0.2) is 0 Å². The minimum atomic E-state index is -0.741. The molecule has 0 aromatic heterocycles. The van der Waals surface area contributed by atoms with Crippen LogP contribution in [-0.2, 0) is 4.79 Å². The van der Waals surface area contributed by atoms with Crippen molar-refractivity contribution in [1.29, 1.82) is 0 Å². The molecule has 0 aromatic carbocycles. The molecule has 1 N–H and O–H groups in total. The van der Waals surface area contributed by atoms with Gasteiger partial charge in [-0.15, -0.1) is 0 Å². The second-order valence-corrected chi connectivity index (χ2v) is 4.66. The maximum Gasteiger partial charge on any atom is 0.310 e. The first-order chi connectivity index (χ1) is 6.21. The Morgan fingerprint density at radius 2 is 1.50 bits per heavy atom. The second-order valence-electron chi connectivity index (χ2n) is 4.66. The molecule has 0 aliphatic heterocycles. The molecule has 0 saturated heterocycles. The molecule has 3 nitrogen and oxygen atoms in total. The predicted molar refractivity (Wildman–Crippen MR) is 58.4 cm³/mol. The molecule has 0 radical (unpaired) electrons. The van der Waals surface area contributed by atoms with E-state index in [2.05, 4.69) is 18.7 Å². The largest absolute Gasteiger partial charge is 0.481 e. The lowest BCUT2D eigenvalue weighted by atomic mass is 9.73. The minimum Gasteiger partial charge on any atom is -0.481 e. The molecule has 0 atom stereocenters. The number of nitrogens with zero attached hydrogens (tertiary/aromatic N) is 1. The Labute approximate surface area is 87.1 Å². The first-order valence-corrected chi connectivity index (χ1v) is 5.20. The number of hydrogen-bond acceptors (Lipinski definition) is 2. The van der Waals surface area contributed by atoms with E-state index in [4.69, 9.17) is 0 Å². The standard InChI is InChI=1S/C11H23NO2/c1-7-12(8-2)11(5,6)10(3,4)9(13)14/h7-8H2,1-6H3,(H,13,14). The number of hydrogen-bond donors (Lipinski definition) is 1. The van der Waals surface area contributed by atoms with E-state index in [0.717, 1.165) is 13.1 Å². The molecular formula is C11H23NO2. The summed E-state index contributed by atoms with van der Waals surface area (Å²) in [5, 5.41) is 9.19. The maximum absolute atomic E-state index is 11.2. The highest BCUT2D eigenvalue weighted by Crippen LogP contribution is 2.35. The molecule has 84 valence electrons. The summed E-state index contributed by atoms with van der Waals surface area (Å²) in [5.74, 6) is -0.741. The Bertz CT molecular complexity index is 205. The van der Waals surface area contributed by atoms with E-state index in [-0.39, 0.29) is 5.54 Å². The highest BCUT2D eigenvalue weighted by Gasteiger charge is 2.46. The summed E-state index contributed by atoms with van der Waals surface area (Å²) in [4.78, 5) is 13.4. The Kier molecular flexibility index (Phi) is 4.13. The van der Waals surface area contributed by atoms with Crippen LogP contribution in [0.4, 0.5) is 0 Å². The van der Waals surface area contributed by atoms with Gasteiger partial charge in [0.1, 0.15) is 0 Å². The SMILES string of the molecule is CCN(CC)C(C)(C)C(C)(C)C(=O)O. The van der Waals surface area contributed by atoms with Gasteiger partial charge in [-0.05, 0) is 40.8 Å². The van der Waals surface area contributed by atoms with Gasteiger partial charge in [-0.1, -0.05) is 13.8 Å². The van der Waals surface area contributed by atoms with Crippen LogP contribution in [0.2, 0.25) is 0 Å². The van der Waals surface area contributed by atoms with Gasteiger partial charge >= 0.3 is 5.97 Å². The fourth-order valence-electron chi connectivity index (χ4n) is 1.67. The minimum absolute atomic E-state index is 0.331. The van der Waals surface area contributed by atoms with Gasteiger partial charge in [0.2, 0.25) is 0 Å². The number of aliphatic carboxylic acids is 1. The Hall–Kier alpha value is -0.570. The normalized spacial score (nSPS) is 13.4. The molecular weight excluding hydrogens is 178 g/mol. The van der Waals surface area contributed by atoms with Gasteiger partial charge in [0.25, 0.3) is 0 Å². The van der Waals surface area contributed by atoms with E-state index >= 15 is 0 Å². The lowest BCUT2D eigenvalue weighted by Gasteiger charge is -2.46. The molecule has 0 fully saturated rings. The number of carboxylic acid groups (broad SMARTS) is 1. The number of carbonyl (C=O) groups is 1. The van der Waals surface area contributed by atoms with Crippen LogP contribution in [0.15, 0.2) is 0 Å². The summed E-state index contributed by atoms with van der Waals surface area (Å²) in [6.07, 6.45) is 0. The number of rotatable bonds is 5. The lowest BCUT2D eigenvalue weighted by molar-refractivity contribution is -0.155. The highest BCUT2D eigenvalue weighted by atomic mass is 16.4. The average molecular weight is 201 g/mol. The lowest BCUT2D eigenvalue weighted by Crippen LogP contribution is -2.56. The van der Waals surface area contributed by atoms with Crippen LogP contribution in [0.25, 0.3) is 0 Å². The average Bonchev–Trinajstić information content (AvgIpc) is 2.05. The van der Waals surface area contributed by atoms with Crippen molar-refractivity contribution in [1.82, 2.24) is 4.90 Å². The van der Waals surface area contributed by atoms with Gasteiger partial charge in [-0.3, -0.25) is 9.69 Å². The van der Waals surface area contributed by atoms with Gasteiger partial charge in [-0.2, -0.15) is 0 Å². The van der Waals surface area contributed by atoms with Crippen molar-refractivity contribution in [2.45, 2.75) is 47.1 Å². The fraction of sp³-hybridized carbons (Fsp3) is 0.909. The molecule has 0 spiro atoms. The van der Waals surface area contributed by atoms with Gasteiger partial charge in [0.05, 0.1) is 5.41 Å². The molecule has 0 saturated carbocycles. The fourth-order valence-corrected chi connectivity index (χ4v) is 1.67. The van der Waals surface area contributed by atoms with Crippen LogP contribution in [0, 0.1) is 5.41 Å². The van der Waals surface area contributed by atoms with Crippen LogP contribution in [-0.4, -0.2) is 34.6 Å². The van der Waals surface area contributed by atoms with E-state index in [0.29, 0.717) is 0 Å². The summed E-state index contributed by atoms with van der Waals surface area (Å²) in [6, 6.07) is 0. The van der Waals surface area contributed by atoms with Crippen LogP contribution in [0.5, 0.6) is 0 Å². The quantitative estimate of drug-likeness (QED) is 0.741. The third kappa shape index (κ3) is 2.08. The second kappa shape index (κ2) is 4.30. The molecule has 0 aromatic rings. The molecule has 14 heavy (non-hydrogen) atoms. The summed E-state index contributed by atoms with van der Waals surface area (Å²) in [7, 11) is 0.